The summed E-state index contributed by atoms with van der Waals surface area (Å²) in [5.41, 5.74) is 0.873. The Kier molecular flexibility index (Phi) is 6.51. The smallest absolute Gasteiger partial charge is 0.292 e. The first-order valence-corrected chi connectivity index (χ1v) is 7.03. The summed E-state index contributed by atoms with van der Waals surface area (Å²) < 4.78 is 0. The summed E-state index contributed by atoms with van der Waals surface area (Å²) in [6.45, 7) is 4.17. The highest BCUT2D eigenvalue weighted by Crippen LogP contribution is 2.26. The molecule has 1 unspecified atom stereocenters. The first-order valence-electron chi connectivity index (χ1n) is 7.03. The number of nitrogens with one attached hydrogen (secondary N) is 1. The summed E-state index contributed by atoms with van der Waals surface area (Å²) in [5.74, 6) is 0. The quantitative estimate of drug-likeness (QED) is 0.437. The molecule has 0 aliphatic carbocycles. The molecule has 0 spiro atoms. The normalized spacial score (nSPS) is 11.7. The van der Waals surface area contributed by atoms with Gasteiger partial charge in [-0.1, -0.05) is 32.6 Å². The molecule has 1 N–H and O–H groups in total. The van der Waals surface area contributed by atoms with Crippen molar-refractivity contribution in [3.05, 3.63) is 33.9 Å². The molecule has 0 heterocycles. The van der Waals surface area contributed by atoms with Crippen LogP contribution in [0.15, 0.2) is 18.2 Å². The number of nitriles is 1. The second kappa shape index (κ2) is 8.16. The van der Waals surface area contributed by atoms with Gasteiger partial charge in [-0.2, -0.15) is 5.26 Å². The highest BCUT2D eigenvalue weighted by Gasteiger charge is 2.15. The number of anilines is 1. The summed E-state index contributed by atoms with van der Waals surface area (Å²) in [6.07, 6.45) is 5.67. The van der Waals surface area contributed by atoms with E-state index in [1.165, 1.54) is 31.4 Å². The molecule has 0 saturated carbocycles. The van der Waals surface area contributed by atoms with Crippen molar-refractivity contribution in [2.24, 2.45) is 0 Å². The second-order valence-electron chi connectivity index (χ2n) is 5.00. The topological polar surface area (TPSA) is 79.0 Å². The molecule has 108 valence electrons. The van der Waals surface area contributed by atoms with Gasteiger partial charge in [0.2, 0.25) is 0 Å². The van der Waals surface area contributed by atoms with E-state index in [9.17, 15) is 10.1 Å². The van der Waals surface area contributed by atoms with Crippen LogP contribution in [-0.4, -0.2) is 11.0 Å². The summed E-state index contributed by atoms with van der Waals surface area (Å²) in [5, 5.41) is 23.0. The highest BCUT2D eigenvalue weighted by atomic mass is 16.6. The van der Waals surface area contributed by atoms with Gasteiger partial charge >= 0.3 is 0 Å². The minimum absolute atomic E-state index is 0.0180. The van der Waals surface area contributed by atoms with Crippen LogP contribution >= 0.6 is 0 Å². The lowest BCUT2D eigenvalue weighted by Crippen LogP contribution is -2.16. The third-order valence-corrected chi connectivity index (χ3v) is 3.21. The number of hydrogen-bond donors (Lipinski definition) is 1. The first kappa shape index (κ1) is 16.0. The molecule has 0 bridgehead atoms. The monoisotopic (exact) mass is 275 g/mol. The van der Waals surface area contributed by atoms with Gasteiger partial charge in [-0.15, -0.1) is 0 Å². The molecule has 0 fully saturated rings. The van der Waals surface area contributed by atoms with Crippen LogP contribution in [0.1, 0.15) is 51.5 Å². The Morgan fingerprint density at radius 2 is 2.15 bits per heavy atom. The van der Waals surface area contributed by atoms with Crippen LogP contribution in [0.4, 0.5) is 11.4 Å². The van der Waals surface area contributed by atoms with Gasteiger partial charge in [0.05, 0.1) is 16.6 Å². The lowest BCUT2D eigenvalue weighted by Gasteiger charge is -2.15. The van der Waals surface area contributed by atoms with E-state index in [1.807, 2.05) is 13.0 Å². The molecular weight excluding hydrogens is 254 g/mol. The number of rotatable bonds is 8. The minimum atomic E-state index is -0.423. The molecule has 5 nitrogen and oxygen atoms in total. The van der Waals surface area contributed by atoms with Crippen LogP contribution in [0, 0.1) is 21.4 Å². The van der Waals surface area contributed by atoms with Crippen LogP contribution in [0.25, 0.3) is 0 Å². The lowest BCUT2D eigenvalue weighted by atomic mass is 10.1. The maximum Gasteiger partial charge on any atom is 0.292 e. The molecule has 1 rings (SSSR count). The van der Waals surface area contributed by atoms with Gasteiger partial charge in [-0.3, -0.25) is 10.1 Å². The zero-order valence-electron chi connectivity index (χ0n) is 12.1. The molecule has 0 aromatic heterocycles. The average molecular weight is 275 g/mol. The van der Waals surface area contributed by atoms with E-state index in [0.717, 1.165) is 12.8 Å². The summed E-state index contributed by atoms with van der Waals surface area (Å²) in [7, 11) is 0. The number of nitrogens with zero attached hydrogens (tertiary/aromatic N) is 2. The van der Waals surface area contributed by atoms with E-state index >= 15 is 0 Å². The van der Waals surface area contributed by atoms with Crippen molar-refractivity contribution in [1.29, 1.82) is 5.26 Å². The largest absolute Gasteiger partial charge is 0.377 e. The highest BCUT2D eigenvalue weighted by molar-refractivity contribution is 5.64. The van der Waals surface area contributed by atoms with Gasteiger partial charge in [0.1, 0.15) is 5.69 Å². The van der Waals surface area contributed by atoms with E-state index < -0.39 is 4.92 Å². The fourth-order valence-corrected chi connectivity index (χ4v) is 2.10. The molecule has 0 radical (unpaired) electrons. The minimum Gasteiger partial charge on any atom is -0.377 e. The molecule has 1 atom stereocenters. The lowest BCUT2D eigenvalue weighted by molar-refractivity contribution is -0.384. The van der Waals surface area contributed by atoms with Crippen LogP contribution in [0.3, 0.4) is 0 Å². The van der Waals surface area contributed by atoms with Gasteiger partial charge in [0.25, 0.3) is 5.69 Å². The van der Waals surface area contributed by atoms with Crippen molar-refractivity contribution < 1.29 is 4.92 Å². The third kappa shape index (κ3) is 4.88. The zero-order valence-corrected chi connectivity index (χ0v) is 12.1. The van der Waals surface area contributed by atoms with E-state index in [1.54, 1.807) is 6.07 Å². The Bertz CT molecular complexity index is 494. The van der Waals surface area contributed by atoms with Crippen molar-refractivity contribution in [2.45, 2.75) is 52.0 Å². The number of hydrogen-bond acceptors (Lipinski definition) is 4. The summed E-state index contributed by atoms with van der Waals surface area (Å²) in [4.78, 5) is 10.6. The fourth-order valence-electron chi connectivity index (χ4n) is 2.10. The zero-order chi connectivity index (χ0) is 15.0. The molecule has 0 amide bonds. The molecule has 1 aromatic rings. The Morgan fingerprint density at radius 1 is 1.40 bits per heavy atom. The standard InChI is InChI=1S/C15H21N3O2/c1-3-4-5-6-7-12(2)17-14-10-13(11-16)8-9-15(14)18(19)20/h8-10,12,17H,3-7H2,1-2H3. The van der Waals surface area contributed by atoms with Crippen LogP contribution in [0.2, 0.25) is 0 Å². The van der Waals surface area contributed by atoms with E-state index in [0.29, 0.717) is 11.3 Å². The molecule has 0 aliphatic rings. The van der Waals surface area contributed by atoms with Crippen molar-refractivity contribution in [3.63, 3.8) is 0 Å². The SMILES string of the molecule is CCCCCCC(C)Nc1cc(C#N)ccc1[N+](=O)[O-]. The second-order valence-corrected chi connectivity index (χ2v) is 5.00. The van der Waals surface area contributed by atoms with Crippen LogP contribution in [-0.2, 0) is 0 Å². The molecule has 20 heavy (non-hydrogen) atoms. The fraction of sp³-hybridized carbons (Fsp3) is 0.533. The van der Waals surface area contributed by atoms with E-state index in [2.05, 4.69) is 12.2 Å². The van der Waals surface area contributed by atoms with Gasteiger partial charge in [0, 0.05) is 12.1 Å². The molecule has 0 saturated heterocycles. The van der Waals surface area contributed by atoms with Gasteiger partial charge in [-0.25, -0.2) is 0 Å². The summed E-state index contributed by atoms with van der Waals surface area (Å²) in [6, 6.07) is 6.55. The van der Waals surface area contributed by atoms with E-state index in [4.69, 9.17) is 5.26 Å². The summed E-state index contributed by atoms with van der Waals surface area (Å²) >= 11 is 0. The maximum absolute atomic E-state index is 11.0. The van der Waals surface area contributed by atoms with Crippen LogP contribution < -0.4 is 5.32 Å². The first-order chi connectivity index (χ1) is 9.58. The third-order valence-electron chi connectivity index (χ3n) is 3.21. The molecular formula is C15H21N3O2. The van der Waals surface area contributed by atoms with Crippen LogP contribution in [0.5, 0.6) is 0 Å². The predicted octanol–water partition coefficient (Wildman–Crippen LogP) is 4.24. The van der Waals surface area contributed by atoms with Crippen molar-refractivity contribution in [1.82, 2.24) is 0 Å². The molecule has 1 aromatic carbocycles. The van der Waals surface area contributed by atoms with Gasteiger partial charge in [0.15, 0.2) is 0 Å². The van der Waals surface area contributed by atoms with Crippen molar-refractivity contribution >= 4 is 11.4 Å². The van der Waals surface area contributed by atoms with E-state index in [-0.39, 0.29) is 11.7 Å². The van der Waals surface area contributed by atoms with Crippen molar-refractivity contribution in [3.8, 4) is 6.07 Å². The number of nitro groups is 1. The molecule has 5 heteroatoms. The number of unbranched alkanes of at least 4 members (excludes halogenated alkanes) is 3. The Hall–Kier alpha value is -2.09. The Morgan fingerprint density at radius 3 is 2.75 bits per heavy atom. The predicted molar refractivity (Wildman–Crippen MR) is 79.7 cm³/mol. The van der Waals surface area contributed by atoms with Crippen molar-refractivity contribution in [2.75, 3.05) is 5.32 Å². The number of benzene rings is 1. The maximum atomic E-state index is 11.0. The number of nitro benzene ring substituents is 1. The van der Waals surface area contributed by atoms with Gasteiger partial charge in [-0.05, 0) is 25.5 Å². The van der Waals surface area contributed by atoms with Gasteiger partial charge < -0.3 is 5.32 Å². The Labute approximate surface area is 119 Å². The molecule has 0 aliphatic heterocycles. The average Bonchev–Trinajstić information content (AvgIpc) is 2.43. The Balaban J connectivity index is 2.69.